The Hall–Kier alpha value is 2.28. The third-order valence-electron chi connectivity index (χ3n) is 0. The van der Waals surface area contributed by atoms with Crippen LogP contribution in [0.25, 0.3) is 0 Å². The standard InChI is InChI=1S/Cl2HP.H2S.Tl.H/c1-3-2;;;/h3H;1H2;;/p-1/i;;;1+1. The third kappa shape index (κ3) is 22.1. The normalized spacial score (nSPS) is 4.60. The average Bonchev–Trinajstić information content (AvgIpc) is 1.46. The van der Waals surface area contributed by atoms with Crippen LogP contribution in [0.15, 0.2) is 0 Å². The molecule has 0 nitrogen and oxygen atoms in total. The van der Waals surface area contributed by atoms with Crippen LogP contribution in [0.1, 0.15) is 0 Å². The molecule has 0 spiro atoms. The topological polar surface area (TPSA) is 0 Å². The van der Waals surface area contributed by atoms with E-state index in [-0.39, 0.29) is 20.8 Å². The predicted molar refractivity (Wildman–Crippen MR) is 35.9 cm³/mol. The van der Waals surface area contributed by atoms with Gasteiger partial charge in [0.05, 0.1) is 7.29 Å². The van der Waals surface area contributed by atoms with Crippen molar-refractivity contribution in [1.29, 1.82) is 0.410 Å². The summed E-state index contributed by atoms with van der Waals surface area (Å²) >= 11 is 10.00. The minimum atomic E-state index is 0. The van der Waals surface area contributed by atoms with E-state index in [9.17, 15) is 0 Å². The fraction of sp³-hybridized carbons (Fsp3) is 0. The van der Waals surface area contributed by atoms with Gasteiger partial charge in [-0.25, -0.2) is 0 Å². The summed E-state index contributed by atoms with van der Waals surface area (Å²) in [6, 6.07) is 0. The molecular weight excluding hydrogens is 338 g/mol. The molecule has 0 aromatic heterocycles. The molecule has 0 aliphatic heterocycles. The first-order chi connectivity index (χ1) is 2.41. The number of rotatable bonds is 0. The average molecular weight is 342 g/mol. The van der Waals surface area contributed by atoms with Crippen molar-refractivity contribution in [3.63, 3.8) is 0 Å². The zero-order valence-corrected chi connectivity index (χ0v) is 10.2. The Morgan fingerprint density at radius 3 is 1.60 bits per heavy atom. The number of halogens is 2. The molecule has 32 valence electrons. The molecule has 0 rings (SSSR count). The first-order valence-corrected chi connectivity index (χ1v) is 3.40. The minimum Gasteiger partial charge on any atom is -0.813 e. The Balaban J connectivity index is -0.0000000275. The van der Waals surface area contributed by atoms with Crippen LogP contribution in [0.4, 0.5) is 0 Å². The summed E-state index contributed by atoms with van der Waals surface area (Å²) in [7, 11) is 0.0278. The van der Waals surface area contributed by atoms with Gasteiger partial charge in [-0.2, -0.15) is 0 Å². The fourth-order valence-corrected chi connectivity index (χ4v) is 0. The van der Waals surface area contributed by atoms with Crippen molar-refractivity contribution < 1.29 is 0 Å². The van der Waals surface area contributed by atoms with Crippen molar-refractivity contribution in [3.05, 3.63) is 0 Å². The Morgan fingerprint density at radius 2 is 1.60 bits per heavy atom. The molecule has 0 atom stereocenters. The summed E-state index contributed by atoms with van der Waals surface area (Å²) < 4.78 is 5.92. The van der Waals surface area contributed by atoms with Gasteiger partial charge in [-0.1, -0.05) is 22.5 Å². The van der Waals surface area contributed by atoms with E-state index in [2.05, 4.69) is 0 Å². The van der Waals surface area contributed by atoms with Crippen LogP contribution < -0.4 is 0 Å². The zero-order chi connectivity index (χ0) is 4.71. The summed E-state index contributed by atoms with van der Waals surface area (Å²) in [6.45, 7) is 0. The van der Waals surface area contributed by atoms with Crippen LogP contribution in [0, 0.1) is 0 Å². The summed E-state index contributed by atoms with van der Waals surface area (Å²) in [5, 5.41) is 0. The molecule has 0 fully saturated rings. The second-order valence-corrected chi connectivity index (χ2v) is 1.93. The van der Waals surface area contributed by atoms with Gasteiger partial charge in [0.25, 0.3) is 0 Å². The van der Waals surface area contributed by atoms with E-state index in [1.165, 1.54) is 0 Å². The summed E-state index contributed by atoms with van der Waals surface area (Å²) in [6.07, 6.45) is 0. The molecule has 0 saturated heterocycles. The largest absolute Gasteiger partial charge is 0.813 e. The van der Waals surface area contributed by atoms with Gasteiger partial charge in [0.1, 0.15) is 0 Å². The summed E-state index contributed by atoms with van der Waals surface area (Å²) in [5.41, 5.74) is 0. The van der Waals surface area contributed by atoms with Crippen LogP contribution in [0.2, 0.25) is 0 Å². The van der Waals surface area contributed by atoms with Crippen LogP contribution in [0.3, 0.4) is 0 Å². The molecule has 5 heavy (non-hydrogen) atoms. The predicted octanol–water partition coefficient (Wildman–Crippen LogP) is 1.05. The Bertz CT molecular complexity index is 13.5. The second kappa shape index (κ2) is 16.3. The fourth-order valence-electron chi connectivity index (χ4n) is 0. The van der Waals surface area contributed by atoms with Crippen molar-refractivity contribution in [2.75, 3.05) is 0 Å². The maximum Gasteiger partial charge on any atom is -0.813 e. The molecule has 0 radical (unpaired) electrons. The van der Waals surface area contributed by atoms with Gasteiger partial charge in [-0.15, -0.1) is 0 Å². The maximum absolute atomic E-state index is 5.92. The van der Waals surface area contributed by atoms with Gasteiger partial charge in [-0.05, 0) is 0 Å². The molecule has 0 bridgehead atoms. The number of hydrogen-bond donors (Lipinski definition) is 0. The first-order valence-electron chi connectivity index (χ1n) is 0.955. The summed E-state index contributed by atoms with van der Waals surface area (Å²) in [5.74, 6) is 0. The van der Waals surface area contributed by atoms with Crippen LogP contribution in [-0.2, 0) is 13.5 Å². The SMILES string of the molecule is ClPCl.[2H][Tl].[SH-]. The first kappa shape index (κ1) is 10.3. The van der Waals surface area contributed by atoms with E-state index in [0.717, 1.165) is 0 Å². The van der Waals surface area contributed by atoms with E-state index in [1.54, 1.807) is 0 Å². The molecule has 0 saturated carbocycles. The van der Waals surface area contributed by atoms with E-state index in [1.807, 2.05) is 0 Å². The van der Waals surface area contributed by atoms with Crippen molar-refractivity contribution in [3.8, 4) is 0 Å². The molecular formula is H3Cl2PSTl-. The molecule has 0 heterocycles. The van der Waals surface area contributed by atoms with Crippen LogP contribution in [0.5, 0.6) is 0 Å². The Labute approximate surface area is 70.2 Å². The van der Waals surface area contributed by atoms with E-state index in [4.69, 9.17) is 22.9 Å². The van der Waals surface area contributed by atoms with E-state index >= 15 is 0 Å². The molecule has 0 N–H and O–H groups in total. The molecule has 5 heteroatoms. The molecule has 0 amide bonds. The Morgan fingerprint density at radius 1 is 1.60 bits per heavy atom. The molecule has 0 unspecified atom stereocenters. The smallest absolute Gasteiger partial charge is 0.813 e. The zero-order valence-electron chi connectivity index (χ0n) is 3.28. The monoisotopic (exact) mass is 342 g/mol. The molecule has 0 aliphatic rings. The van der Waals surface area contributed by atoms with Gasteiger partial charge in [-0.3, -0.25) is 0 Å². The quantitative estimate of drug-likeness (QED) is 0.275. The van der Waals surface area contributed by atoms with Gasteiger partial charge < -0.3 is 13.5 Å². The van der Waals surface area contributed by atoms with E-state index < -0.39 is 0 Å². The van der Waals surface area contributed by atoms with Crippen LogP contribution in [-0.4, -0.2) is 27.5 Å². The van der Waals surface area contributed by atoms with Gasteiger partial charge in [0.15, 0.2) is 0 Å². The number of hydrogen-bond acceptors (Lipinski definition) is 1. The van der Waals surface area contributed by atoms with Crippen LogP contribution >= 0.6 is 29.8 Å². The molecule has 0 aromatic carbocycles. The summed E-state index contributed by atoms with van der Waals surface area (Å²) in [4.78, 5) is 0. The van der Waals surface area contributed by atoms with Crippen molar-refractivity contribution in [1.82, 2.24) is 0 Å². The second-order valence-electron chi connectivity index (χ2n) is 0.0714. The van der Waals surface area contributed by atoms with Crippen molar-refractivity contribution in [2.45, 2.75) is 0 Å². The van der Waals surface area contributed by atoms with Gasteiger partial charge in [0, 0.05) is 0 Å². The number of thiol groups is 1. The molecule has 0 aromatic rings. The van der Waals surface area contributed by atoms with Gasteiger partial charge >= 0.3 is 27.5 Å². The molecule has 0 aliphatic carbocycles. The van der Waals surface area contributed by atoms with Gasteiger partial charge in [0.2, 0.25) is 0 Å². The maximum atomic E-state index is 5.92. The van der Waals surface area contributed by atoms with E-state index in [0.29, 0.717) is 27.1 Å². The van der Waals surface area contributed by atoms with Crippen molar-refractivity contribution >= 4 is 70.3 Å². The van der Waals surface area contributed by atoms with Crippen molar-refractivity contribution in [2.24, 2.45) is 0 Å². The third-order valence-corrected chi connectivity index (χ3v) is 0. The Kier molecular flexibility index (Phi) is 33.5. The minimum absolute atomic E-state index is 0.